The second kappa shape index (κ2) is 7.79. The summed E-state index contributed by atoms with van der Waals surface area (Å²) in [5, 5.41) is 2.89. The first-order chi connectivity index (χ1) is 10.6. The quantitative estimate of drug-likeness (QED) is 0.827. The van der Waals surface area contributed by atoms with E-state index < -0.39 is 0 Å². The Morgan fingerprint density at radius 3 is 2.73 bits per heavy atom. The first kappa shape index (κ1) is 16.3. The summed E-state index contributed by atoms with van der Waals surface area (Å²) in [7, 11) is 0. The minimum atomic E-state index is -0.135. The number of carbonyl (C=O) groups excluding carboxylic acids is 2. The number of rotatable bonds is 6. The van der Waals surface area contributed by atoms with Gasteiger partial charge in [-0.25, -0.2) is 0 Å². The summed E-state index contributed by atoms with van der Waals surface area (Å²) in [6.07, 6.45) is 1.20. The maximum Gasteiger partial charge on any atom is 0.229 e. The first-order valence-electron chi connectivity index (χ1n) is 7.65. The summed E-state index contributed by atoms with van der Waals surface area (Å²) in [5.74, 6) is 0.659. The lowest BCUT2D eigenvalue weighted by Gasteiger charge is -2.15. The van der Waals surface area contributed by atoms with E-state index >= 15 is 0 Å². The van der Waals surface area contributed by atoms with E-state index in [1.807, 2.05) is 6.92 Å². The standard InChI is InChI=1S/C16H23N3O3/c1-2-15(20)19-9-7-12(11-19)16(21)18-13-3-5-14(6-4-13)22-10-8-17/h3-6,12H,2,7-11,17H2,1H3,(H,18,21). The molecule has 120 valence electrons. The van der Waals surface area contributed by atoms with Crippen LogP contribution in [0.5, 0.6) is 5.75 Å². The molecule has 1 atom stereocenters. The van der Waals surface area contributed by atoms with Crippen LogP contribution in [0.15, 0.2) is 24.3 Å². The van der Waals surface area contributed by atoms with E-state index in [-0.39, 0.29) is 17.7 Å². The monoisotopic (exact) mass is 305 g/mol. The highest BCUT2D eigenvalue weighted by atomic mass is 16.5. The molecule has 6 heteroatoms. The van der Waals surface area contributed by atoms with E-state index in [1.54, 1.807) is 29.2 Å². The van der Waals surface area contributed by atoms with Crippen LogP contribution in [0.2, 0.25) is 0 Å². The van der Waals surface area contributed by atoms with Crippen molar-refractivity contribution in [3.05, 3.63) is 24.3 Å². The van der Waals surface area contributed by atoms with Gasteiger partial charge in [-0.1, -0.05) is 6.92 Å². The normalized spacial score (nSPS) is 17.4. The third-order valence-corrected chi connectivity index (χ3v) is 3.72. The summed E-state index contributed by atoms with van der Waals surface area (Å²) >= 11 is 0. The molecule has 0 spiro atoms. The lowest BCUT2D eigenvalue weighted by molar-refractivity contribution is -0.130. The smallest absolute Gasteiger partial charge is 0.229 e. The number of carbonyl (C=O) groups is 2. The SMILES string of the molecule is CCC(=O)N1CCC(C(=O)Nc2ccc(OCCN)cc2)C1. The third-order valence-electron chi connectivity index (χ3n) is 3.72. The van der Waals surface area contributed by atoms with Gasteiger partial charge in [0.25, 0.3) is 0 Å². The van der Waals surface area contributed by atoms with Gasteiger partial charge < -0.3 is 20.7 Å². The summed E-state index contributed by atoms with van der Waals surface area (Å²) in [5.41, 5.74) is 6.10. The largest absolute Gasteiger partial charge is 0.492 e. The Bertz CT molecular complexity index is 516. The second-order valence-electron chi connectivity index (χ2n) is 5.33. The fraction of sp³-hybridized carbons (Fsp3) is 0.500. The van der Waals surface area contributed by atoms with Crippen molar-refractivity contribution >= 4 is 17.5 Å². The summed E-state index contributed by atoms with van der Waals surface area (Å²) in [6.45, 7) is 3.94. The molecule has 1 aromatic rings. The molecule has 0 aliphatic carbocycles. The molecular weight excluding hydrogens is 282 g/mol. The van der Waals surface area contributed by atoms with Gasteiger partial charge in [0, 0.05) is 31.7 Å². The van der Waals surface area contributed by atoms with Crippen LogP contribution >= 0.6 is 0 Å². The zero-order chi connectivity index (χ0) is 15.9. The molecule has 1 aromatic carbocycles. The highest BCUT2D eigenvalue weighted by Crippen LogP contribution is 2.20. The van der Waals surface area contributed by atoms with Gasteiger partial charge in [-0.2, -0.15) is 0 Å². The molecule has 1 fully saturated rings. The van der Waals surface area contributed by atoms with E-state index in [4.69, 9.17) is 10.5 Å². The molecule has 3 N–H and O–H groups in total. The van der Waals surface area contributed by atoms with Gasteiger partial charge >= 0.3 is 0 Å². The Morgan fingerprint density at radius 1 is 1.36 bits per heavy atom. The number of anilines is 1. The molecule has 0 aromatic heterocycles. The van der Waals surface area contributed by atoms with Crippen molar-refractivity contribution in [1.82, 2.24) is 4.90 Å². The van der Waals surface area contributed by atoms with E-state index in [1.165, 1.54) is 0 Å². The van der Waals surface area contributed by atoms with Gasteiger partial charge in [-0.15, -0.1) is 0 Å². The van der Waals surface area contributed by atoms with Crippen LogP contribution in [-0.4, -0.2) is 43.0 Å². The first-order valence-corrected chi connectivity index (χ1v) is 7.65. The molecule has 1 unspecified atom stereocenters. The van der Waals surface area contributed by atoms with Gasteiger partial charge in [-0.3, -0.25) is 9.59 Å². The zero-order valence-corrected chi connectivity index (χ0v) is 12.9. The topological polar surface area (TPSA) is 84.7 Å². The number of benzene rings is 1. The van der Waals surface area contributed by atoms with E-state index in [0.717, 1.165) is 17.9 Å². The molecule has 0 saturated carbocycles. The van der Waals surface area contributed by atoms with Crippen molar-refractivity contribution in [1.29, 1.82) is 0 Å². The molecule has 2 rings (SSSR count). The summed E-state index contributed by atoms with van der Waals surface area (Å²) < 4.78 is 5.39. The fourth-order valence-electron chi connectivity index (χ4n) is 2.48. The molecule has 1 aliphatic heterocycles. The van der Waals surface area contributed by atoms with Crippen molar-refractivity contribution in [3.63, 3.8) is 0 Å². The predicted molar refractivity (Wildman–Crippen MR) is 84.6 cm³/mol. The number of hydrogen-bond donors (Lipinski definition) is 2. The van der Waals surface area contributed by atoms with Crippen LogP contribution in [0.1, 0.15) is 19.8 Å². The summed E-state index contributed by atoms with van der Waals surface area (Å²) in [4.78, 5) is 25.6. The number of hydrogen-bond acceptors (Lipinski definition) is 4. The Kier molecular flexibility index (Phi) is 5.77. The highest BCUT2D eigenvalue weighted by molar-refractivity contribution is 5.93. The second-order valence-corrected chi connectivity index (χ2v) is 5.33. The van der Waals surface area contributed by atoms with Crippen LogP contribution in [0.3, 0.4) is 0 Å². The van der Waals surface area contributed by atoms with E-state index in [9.17, 15) is 9.59 Å². The molecule has 0 bridgehead atoms. The van der Waals surface area contributed by atoms with Gasteiger partial charge in [0.2, 0.25) is 11.8 Å². The molecule has 6 nitrogen and oxygen atoms in total. The zero-order valence-electron chi connectivity index (χ0n) is 12.9. The lowest BCUT2D eigenvalue weighted by Crippen LogP contribution is -2.30. The van der Waals surface area contributed by atoms with Crippen LogP contribution in [0.25, 0.3) is 0 Å². The fourth-order valence-corrected chi connectivity index (χ4v) is 2.48. The van der Waals surface area contributed by atoms with Crippen molar-refractivity contribution < 1.29 is 14.3 Å². The molecule has 1 aliphatic rings. The van der Waals surface area contributed by atoms with Crippen molar-refractivity contribution in [2.45, 2.75) is 19.8 Å². The molecule has 22 heavy (non-hydrogen) atoms. The predicted octanol–water partition coefficient (Wildman–Crippen LogP) is 1.22. The van der Waals surface area contributed by atoms with Crippen LogP contribution < -0.4 is 15.8 Å². The minimum Gasteiger partial charge on any atom is -0.492 e. The number of nitrogens with one attached hydrogen (secondary N) is 1. The Balaban J connectivity index is 1.86. The molecule has 0 radical (unpaired) electrons. The van der Waals surface area contributed by atoms with Gasteiger partial charge in [0.15, 0.2) is 0 Å². The molecule has 1 saturated heterocycles. The third kappa shape index (κ3) is 4.21. The molecule has 1 heterocycles. The average Bonchev–Trinajstić information content (AvgIpc) is 3.03. The van der Waals surface area contributed by atoms with E-state index in [2.05, 4.69) is 5.32 Å². The van der Waals surface area contributed by atoms with E-state index in [0.29, 0.717) is 32.7 Å². The van der Waals surface area contributed by atoms with Gasteiger partial charge in [0.05, 0.1) is 5.92 Å². The van der Waals surface area contributed by atoms with Gasteiger partial charge in [0.1, 0.15) is 12.4 Å². The maximum absolute atomic E-state index is 12.2. The summed E-state index contributed by atoms with van der Waals surface area (Å²) in [6, 6.07) is 7.20. The Morgan fingerprint density at radius 2 is 2.09 bits per heavy atom. The van der Waals surface area contributed by atoms with Gasteiger partial charge in [-0.05, 0) is 30.7 Å². The van der Waals surface area contributed by atoms with Crippen molar-refractivity contribution in [3.8, 4) is 5.75 Å². The molecule has 2 amide bonds. The van der Waals surface area contributed by atoms with Crippen LogP contribution in [-0.2, 0) is 9.59 Å². The van der Waals surface area contributed by atoms with Crippen LogP contribution in [0.4, 0.5) is 5.69 Å². The number of likely N-dealkylation sites (tertiary alicyclic amines) is 1. The maximum atomic E-state index is 12.2. The number of amides is 2. The highest BCUT2D eigenvalue weighted by Gasteiger charge is 2.30. The lowest BCUT2D eigenvalue weighted by atomic mass is 10.1. The number of nitrogens with zero attached hydrogens (tertiary/aromatic N) is 1. The average molecular weight is 305 g/mol. The van der Waals surface area contributed by atoms with Crippen molar-refractivity contribution in [2.24, 2.45) is 11.7 Å². The molecular formula is C16H23N3O3. The van der Waals surface area contributed by atoms with Crippen molar-refractivity contribution in [2.75, 3.05) is 31.6 Å². The van der Waals surface area contributed by atoms with Crippen LogP contribution in [0, 0.1) is 5.92 Å². The Labute approximate surface area is 130 Å². The number of nitrogens with two attached hydrogens (primary N) is 1. The Hall–Kier alpha value is -2.08. The minimum absolute atomic E-state index is 0.0398. The number of ether oxygens (including phenoxy) is 1.